The largest absolute Gasteiger partial charge is 0.506 e. The molecule has 0 bridgehead atoms. The quantitative estimate of drug-likeness (QED) is 0.675. The Morgan fingerprint density at radius 2 is 2.04 bits per heavy atom. The van der Waals surface area contributed by atoms with Crippen LogP contribution in [-0.2, 0) is 0 Å². The lowest BCUT2D eigenvalue weighted by molar-refractivity contribution is 0.163. The Hall–Kier alpha value is -0.460. The van der Waals surface area contributed by atoms with Crippen LogP contribution in [0.5, 0.6) is 11.5 Å². The van der Waals surface area contributed by atoms with E-state index < -0.39 is 0 Å². The van der Waals surface area contributed by atoms with Crippen LogP contribution in [0.1, 0.15) is 24.4 Å². The number of methoxy groups -OCH3 is 1. The predicted octanol–water partition coefficient (Wildman–Crippen LogP) is 3.92. The lowest BCUT2D eigenvalue weighted by atomic mass is 9.98. The summed E-state index contributed by atoms with van der Waals surface area (Å²) in [6.07, 6.45) is 3.79. The number of ether oxygens (including phenoxy) is 1. The van der Waals surface area contributed by atoms with Gasteiger partial charge in [-0.05, 0) is 40.9 Å². The van der Waals surface area contributed by atoms with Crippen LogP contribution >= 0.6 is 40.7 Å². The second-order valence-electron chi connectivity index (χ2n) is 5.21. The molecule has 4 nitrogen and oxygen atoms in total. The van der Waals surface area contributed by atoms with Crippen molar-refractivity contribution in [1.29, 1.82) is 0 Å². The molecular weight excluding hydrogens is 403 g/mol. The van der Waals surface area contributed by atoms with E-state index in [0.29, 0.717) is 10.2 Å². The van der Waals surface area contributed by atoms with Crippen molar-refractivity contribution < 1.29 is 9.84 Å². The van der Waals surface area contributed by atoms with Gasteiger partial charge >= 0.3 is 0 Å². The van der Waals surface area contributed by atoms with E-state index in [9.17, 15) is 5.11 Å². The summed E-state index contributed by atoms with van der Waals surface area (Å²) in [6.45, 7) is 7.75. The van der Waals surface area contributed by atoms with Gasteiger partial charge in [0.25, 0.3) is 0 Å². The van der Waals surface area contributed by atoms with Gasteiger partial charge in [0, 0.05) is 37.8 Å². The summed E-state index contributed by atoms with van der Waals surface area (Å²) in [5, 5.41) is 13.8. The molecule has 0 spiro atoms. The SMILES string of the molecule is C=CCC[C@@H](c1cc(OC)cc(Br)c1O)N1CCNCC1.Cl.Cl. The third kappa shape index (κ3) is 5.84. The molecule has 1 saturated heterocycles. The number of piperazine rings is 1. The summed E-state index contributed by atoms with van der Waals surface area (Å²) in [6, 6.07) is 3.91. The molecule has 1 aliphatic rings. The fourth-order valence-electron chi connectivity index (χ4n) is 2.77. The Morgan fingerprint density at radius 3 is 2.61 bits per heavy atom. The van der Waals surface area contributed by atoms with E-state index in [1.807, 2.05) is 12.1 Å². The third-order valence-electron chi connectivity index (χ3n) is 3.90. The zero-order chi connectivity index (χ0) is 15.2. The highest BCUT2D eigenvalue weighted by atomic mass is 79.9. The molecule has 1 atom stereocenters. The van der Waals surface area contributed by atoms with Crippen LogP contribution in [0.4, 0.5) is 0 Å². The number of hydrogen-bond acceptors (Lipinski definition) is 4. The number of nitrogens with one attached hydrogen (secondary N) is 1. The molecule has 2 N–H and O–H groups in total. The van der Waals surface area contributed by atoms with Crippen LogP contribution in [0.2, 0.25) is 0 Å². The first-order chi connectivity index (χ1) is 10.2. The highest BCUT2D eigenvalue weighted by Gasteiger charge is 2.25. The number of allylic oxidation sites excluding steroid dienone is 1. The van der Waals surface area contributed by atoms with E-state index in [1.54, 1.807) is 13.2 Å². The van der Waals surface area contributed by atoms with Crippen LogP contribution < -0.4 is 10.1 Å². The highest BCUT2D eigenvalue weighted by Crippen LogP contribution is 2.40. The number of rotatable bonds is 6. The average Bonchev–Trinajstić information content (AvgIpc) is 2.52. The minimum Gasteiger partial charge on any atom is -0.506 e. The number of aromatic hydroxyl groups is 1. The monoisotopic (exact) mass is 426 g/mol. The Kier molecular flexibility index (Phi) is 10.9. The molecule has 0 radical (unpaired) electrons. The van der Waals surface area contributed by atoms with Crippen molar-refractivity contribution in [2.45, 2.75) is 18.9 Å². The Labute approximate surface area is 159 Å². The summed E-state index contributed by atoms with van der Waals surface area (Å²) >= 11 is 3.42. The maximum atomic E-state index is 10.4. The van der Waals surface area contributed by atoms with Crippen LogP contribution in [0.15, 0.2) is 29.3 Å². The molecule has 0 aromatic heterocycles. The first-order valence-corrected chi connectivity index (χ1v) is 8.08. The van der Waals surface area contributed by atoms with Crippen molar-refractivity contribution in [3.63, 3.8) is 0 Å². The van der Waals surface area contributed by atoms with Gasteiger partial charge in [-0.2, -0.15) is 0 Å². The molecule has 1 fully saturated rings. The Bertz CT molecular complexity index is 497. The standard InChI is InChI=1S/C16H23BrN2O2.2ClH/c1-3-4-5-15(19-8-6-18-7-9-19)13-10-12(21-2)11-14(17)16(13)20;;/h3,10-11,15,18,20H,1,4-9H2,2H3;2*1H/t15-;;/m0../s1. The number of benzene rings is 1. The molecule has 0 amide bonds. The summed E-state index contributed by atoms with van der Waals surface area (Å²) in [5.74, 6) is 1.07. The van der Waals surface area contributed by atoms with Crippen LogP contribution in [0.25, 0.3) is 0 Å². The molecule has 1 aromatic carbocycles. The van der Waals surface area contributed by atoms with Crippen LogP contribution in [0, 0.1) is 0 Å². The van der Waals surface area contributed by atoms with Gasteiger partial charge in [0.05, 0.1) is 11.6 Å². The molecule has 1 heterocycles. The zero-order valence-electron chi connectivity index (χ0n) is 13.3. The summed E-state index contributed by atoms with van der Waals surface area (Å²) < 4.78 is 6.02. The molecule has 0 saturated carbocycles. The number of hydrogen-bond donors (Lipinski definition) is 2. The molecule has 1 aromatic rings. The van der Waals surface area contributed by atoms with Gasteiger partial charge in [0.2, 0.25) is 0 Å². The Balaban J connectivity index is 0.00000242. The van der Waals surface area contributed by atoms with Gasteiger partial charge in [0.1, 0.15) is 11.5 Å². The van der Waals surface area contributed by atoms with Crippen LogP contribution in [0.3, 0.4) is 0 Å². The summed E-state index contributed by atoms with van der Waals surface area (Å²) in [4.78, 5) is 2.42. The second-order valence-corrected chi connectivity index (χ2v) is 6.07. The highest BCUT2D eigenvalue weighted by molar-refractivity contribution is 9.10. The minimum atomic E-state index is 0. The van der Waals surface area contributed by atoms with Gasteiger partial charge < -0.3 is 15.2 Å². The lowest BCUT2D eigenvalue weighted by Gasteiger charge is -2.35. The first kappa shape index (κ1) is 22.5. The van der Waals surface area contributed by atoms with E-state index in [4.69, 9.17) is 4.74 Å². The number of nitrogens with zero attached hydrogens (tertiary/aromatic N) is 1. The van der Waals surface area contributed by atoms with Crippen molar-refractivity contribution in [3.8, 4) is 11.5 Å². The first-order valence-electron chi connectivity index (χ1n) is 7.29. The topological polar surface area (TPSA) is 44.7 Å². The molecule has 1 aliphatic heterocycles. The van der Waals surface area contributed by atoms with E-state index >= 15 is 0 Å². The molecule has 0 aliphatic carbocycles. The predicted molar refractivity (Wildman–Crippen MR) is 103 cm³/mol. The van der Waals surface area contributed by atoms with Gasteiger partial charge in [-0.1, -0.05) is 6.08 Å². The van der Waals surface area contributed by atoms with Crippen molar-refractivity contribution in [2.75, 3.05) is 33.3 Å². The number of halogens is 3. The molecule has 0 unspecified atom stereocenters. The lowest BCUT2D eigenvalue weighted by Crippen LogP contribution is -2.45. The molecular formula is C16H25BrCl2N2O2. The third-order valence-corrected chi connectivity index (χ3v) is 4.50. The van der Waals surface area contributed by atoms with E-state index in [1.165, 1.54) is 0 Å². The van der Waals surface area contributed by atoms with Gasteiger partial charge in [-0.3, -0.25) is 4.90 Å². The Morgan fingerprint density at radius 1 is 1.39 bits per heavy atom. The van der Waals surface area contributed by atoms with E-state index in [-0.39, 0.29) is 30.9 Å². The maximum Gasteiger partial charge on any atom is 0.134 e. The van der Waals surface area contributed by atoms with Gasteiger partial charge in [0.15, 0.2) is 0 Å². The molecule has 2 rings (SSSR count). The van der Waals surface area contributed by atoms with Crippen LogP contribution in [-0.4, -0.2) is 43.3 Å². The normalized spacial score (nSPS) is 15.9. The van der Waals surface area contributed by atoms with Crippen molar-refractivity contribution in [3.05, 3.63) is 34.8 Å². The summed E-state index contributed by atoms with van der Waals surface area (Å²) in [5.41, 5.74) is 0.921. The fourth-order valence-corrected chi connectivity index (χ4v) is 3.23. The maximum absolute atomic E-state index is 10.4. The minimum absolute atomic E-state index is 0. The van der Waals surface area contributed by atoms with Gasteiger partial charge in [-0.25, -0.2) is 0 Å². The zero-order valence-corrected chi connectivity index (χ0v) is 16.5. The molecule has 132 valence electrons. The number of phenols is 1. The molecule has 7 heteroatoms. The smallest absolute Gasteiger partial charge is 0.134 e. The van der Waals surface area contributed by atoms with Crippen molar-refractivity contribution in [2.24, 2.45) is 0 Å². The van der Waals surface area contributed by atoms with Crippen molar-refractivity contribution >= 4 is 40.7 Å². The second kappa shape index (κ2) is 11.2. The van der Waals surface area contributed by atoms with E-state index in [2.05, 4.69) is 32.7 Å². The number of phenolic OH excluding ortho intramolecular Hbond substituents is 1. The molecule has 23 heavy (non-hydrogen) atoms. The van der Waals surface area contributed by atoms with Gasteiger partial charge in [-0.15, -0.1) is 31.4 Å². The van der Waals surface area contributed by atoms with Crippen molar-refractivity contribution in [1.82, 2.24) is 10.2 Å². The summed E-state index contributed by atoms with van der Waals surface area (Å²) in [7, 11) is 1.65. The fraction of sp³-hybridized carbons (Fsp3) is 0.500. The average molecular weight is 428 g/mol. The van der Waals surface area contributed by atoms with E-state index in [0.717, 1.165) is 50.3 Å².